The third-order valence-corrected chi connectivity index (χ3v) is 2.78. The lowest BCUT2D eigenvalue weighted by atomic mass is 9.94. The molecular formula is C11H15FN2. The van der Waals surface area contributed by atoms with E-state index in [1.54, 1.807) is 12.1 Å². The number of nitrogens with two attached hydrogens (primary N) is 1. The van der Waals surface area contributed by atoms with E-state index in [1.807, 2.05) is 0 Å². The Morgan fingerprint density at radius 3 is 3.14 bits per heavy atom. The first kappa shape index (κ1) is 9.46. The van der Waals surface area contributed by atoms with Gasteiger partial charge >= 0.3 is 0 Å². The second-order valence-corrected chi connectivity index (χ2v) is 3.73. The van der Waals surface area contributed by atoms with Crippen molar-refractivity contribution in [2.75, 3.05) is 18.4 Å². The van der Waals surface area contributed by atoms with Crippen molar-refractivity contribution >= 4 is 5.69 Å². The maximum Gasteiger partial charge on any atom is 0.123 e. The van der Waals surface area contributed by atoms with Gasteiger partial charge in [-0.3, -0.25) is 0 Å². The van der Waals surface area contributed by atoms with Gasteiger partial charge in [-0.15, -0.1) is 0 Å². The SMILES string of the molecule is NCC1CCCNc2ccc(F)cc21. The third-order valence-electron chi connectivity index (χ3n) is 2.78. The highest BCUT2D eigenvalue weighted by Crippen LogP contribution is 2.30. The maximum atomic E-state index is 13.1. The van der Waals surface area contributed by atoms with E-state index in [1.165, 1.54) is 6.07 Å². The lowest BCUT2D eigenvalue weighted by Crippen LogP contribution is -2.12. The predicted molar refractivity (Wildman–Crippen MR) is 55.9 cm³/mol. The van der Waals surface area contributed by atoms with Crippen LogP contribution in [0.15, 0.2) is 18.2 Å². The summed E-state index contributed by atoms with van der Waals surface area (Å²) in [6.07, 6.45) is 2.14. The van der Waals surface area contributed by atoms with Crippen molar-refractivity contribution < 1.29 is 4.39 Å². The summed E-state index contributed by atoms with van der Waals surface area (Å²) in [4.78, 5) is 0. The van der Waals surface area contributed by atoms with Gasteiger partial charge in [-0.05, 0) is 49.1 Å². The minimum atomic E-state index is -0.175. The van der Waals surface area contributed by atoms with Crippen molar-refractivity contribution in [2.24, 2.45) is 5.73 Å². The van der Waals surface area contributed by atoms with Crippen LogP contribution in [0.25, 0.3) is 0 Å². The standard InChI is InChI=1S/C11H15FN2/c12-9-3-4-11-10(6-9)8(7-13)2-1-5-14-11/h3-4,6,8,14H,1-2,5,7,13H2. The molecule has 0 spiro atoms. The number of anilines is 1. The molecule has 0 saturated carbocycles. The first-order valence-corrected chi connectivity index (χ1v) is 5.04. The summed E-state index contributed by atoms with van der Waals surface area (Å²) in [5, 5.41) is 3.29. The highest BCUT2D eigenvalue weighted by molar-refractivity contribution is 5.53. The van der Waals surface area contributed by atoms with Gasteiger partial charge in [-0.1, -0.05) is 0 Å². The Morgan fingerprint density at radius 1 is 1.50 bits per heavy atom. The average Bonchev–Trinajstić information content (AvgIpc) is 2.39. The van der Waals surface area contributed by atoms with Crippen LogP contribution in [0.5, 0.6) is 0 Å². The molecule has 1 atom stereocenters. The van der Waals surface area contributed by atoms with Crippen molar-refractivity contribution in [1.82, 2.24) is 0 Å². The molecule has 76 valence electrons. The van der Waals surface area contributed by atoms with Crippen molar-refractivity contribution in [3.8, 4) is 0 Å². The Balaban J connectivity index is 2.40. The van der Waals surface area contributed by atoms with E-state index in [0.717, 1.165) is 30.6 Å². The largest absolute Gasteiger partial charge is 0.385 e. The van der Waals surface area contributed by atoms with Crippen molar-refractivity contribution in [2.45, 2.75) is 18.8 Å². The van der Waals surface area contributed by atoms with E-state index in [4.69, 9.17) is 5.73 Å². The molecule has 3 N–H and O–H groups in total. The summed E-state index contributed by atoms with van der Waals surface area (Å²) < 4.78 is 13.1. The molecule has 3 heteroatoms. The van der Waals surface area contributed by atoms with Crippen LogP contribution in [0.2, 0.25) is 0 Å². The van der Waals surface area contributed by atoms with Crippen LogP contribution in [0.3, 0.4) is 0 Å². The normalized spacial score (nSPS) is 20.9. The molecular weight excluding hydrogens is 179 g/mol. The molecule has 0 amide bonds. The second-order valence-electron chi connectivity index (χ2n) is 3.73. The summed E-state index contributed by atoms with van der Waals surface area (Å²) in [5.41, 5.74) is 7.76. The zero-order chi connectivity index (χ0) is 9.97. The number of hydrogen-bond acceptors (Lipinski definition) is 2. The van der Waals surface area contributed by atoms with Gasteiger partial charge in [0.1, 0.15) is 5.82 Å². The Bertz CT molecular complexity index is 325. The number of fused-ring (bicyclic) bond motifs is 1. The summed E-state index contributed by atoms with van der Waals surface area (Å²) in [6, 6.07) is 4.90. The number of nitrogens with one attached hydrogen (secondary N) is 1. The van der Waals surface area contributed by atoms with Gasteiger partial charge in [0.2, 0.25) is 0 Å². The van der Waals surface area contributed by atoms with Crippen LogP contribution in [0, 0.1) is 5.82 Å². The molecule has 0 aromatic heterocycles. The van der Waals surface area contributed by atoms with E-state index in [-0.39, 0.29) is 5.82 Å². The Hall–Kier alpha value is -1.09. The number of hydrogen-bond donors (Lipinski definition) is 2. The fraction of sp³-hybridized carbons (Fsp3) is 0.455. The van der Waals surface area contributed by atoms with Crippen molar-refractivity contribution in [1.29, 1.82) is 0 Å². The number of benzene rings is 1. The molecule has 0 radical (unpaired) electrons. The van der Waals surface area contributed by atoms with Crippen LogP contribution in [-0.4, -0.2) is 13.1 Å². The molecule has 1 aliphatic rings. The Morgan fingerprint density at radius 2 is 2.36 bits per heavy atom. The van der Waals surface area contributed by atoms with Crippen molar-refractivity contribution in [3.05, 3.63) is 29.6 Å². The number of rotatable bonds is 1. The van der Waals surface area contributed by atoms with Crippen LogP contribution in [-0.2, 0) is 0 Å². The number of halogens is 1. The lowest BCUT2D eigenvalue weighted by molar-refractivity contribution is 0.603. The molecule has 1 heterocycles. The molecule has 14 heavy (non-hydrogen) atoms. The van der Waals surface area contributed by atoms with Crippen LogP contribution in [0.1, 0.15) is 24.3 Å². The Labute approximate surface area is 83.3 Å². The van der Waals surface area contributed by atoms with Gasteiger partial charge in [0.25, 0.3) is 0 Å². The van der Waals surface area contributed by atoms with Crippen LogP contribution >= 0.6 is 0 Å². The smallest absolute Gasteiger partial charge is 0.123 e. The quantitative estimate of drug-likeness (QED) is 0.718. The van der Waals surface area contributed by atoms with Gasteiger partial charge in [0.15, 0.2) is 0 Å². The third kappa shape index (κ3) is 1.73. The monoisotopic (exact) mass is 194 g/mol. The molecule has 1 aromatic rings. The summed E-state index contributed by atoms with van der Waals surface area (Å²) in [5.74, 6) is 0.126. The molecule has 0 bridgehead atoms. The molecule has 2 nitrogen and oxygen atoms in total. The topological polar surface area (TPSA) is 38.0 Å². The fourth-order valence-corrected chi connectivity index (χ4v) is 2.00. The van der Waals surface area contributed by atoms with Gasteiger partial charge < -0.3 is 11.1 Å². The highest BCUT2D eigenvalue weighted by atomic mass is 19.1. The minimum Gasteiger partial charge on any atom is -0.385 e. The van der Waals surface area contributed by atoms with Crippen molar-refractivity contribution in [3.63, 3.8) is 0 Å². The summed E-state index contributed by atoms with van der Waals surface area (Å²) in [7, 11) is 0. The van der Waals surface area contributed by atoms with E-state index < -0.39 is 0 Å². The zero-order valence-corrected chi connectivity index (χ0v) is 8.09. The molecule has 0 saturated heterocycles. The van der Waals surface area contributed by atoms with Gasteiger partial charge in [0, 0.05) is 12.2 Å². The average molecular weight is 194 g/mol. The van der Waals surface area contributed by atoms with Gasteiger partial charge in [-0.25, -0.2) is 4.39 Å². The summed E-state index contributed by atoms with van der Waals surface area (Å²) in [6.45, 7) is 1.55. The second kappa shape index (κ2) is 3.96. The zero-order valence-electron chi connectivity index (χ0n) is 8.09. The van der Waals surface area contributed by atoms with E-state index in [9.17, 15) is 4.39 Å². The van der Waals surface area contributed by atoms with E-state index in [0.29, 0.717) is 12.5 Å². The molecule has 2 rings (SSSR count). The summed E-state index contributed by atoms with van der Waals surface area (Å²) >= 11 is 0. The predicted octanol–water partition coefficient (Wildman–Crippen LogP) is 2.07. The molecule has 1 aromatic carbocycles. The van der Waals surface area contributed by atoms with Gasteiger partial charge in [0.05, 0.1) is 0 Å². The first-order valence-electron chi connectivity index (χ1n) is 5.04. The van der Waals surface area contributed by atoms with Crippen LogP contribution in [0.4, 0.5) is 10.1 Å². The minimum absolute atomic E-state index is 0.175. The van der Waals surface area contributed by atoms with E-state index >= 15 is 0 Å². The van der Waals surface area contributed by atoms with E-state index in [2.05, 4.69) is 5.32 Å². The fourth-order valence-electron chi connectivity index (χ4n) is 2.00. The van der Waals surface area contributed by atoms with Crippen LogP contribution < -0.4 is 11.1 Å². The molecule has 0 fully saturated rings. The maximum absolute atomic E-state index is 13.1. The molecule has 1 unspecified atom stereocenters. The first-order chi connectivity index (χ1) is 6.81. The molecule has 0 aliphatic carbocycles. The lowest BCUT2D eigenvalue weighted by Gasteiger charge is -2.14. The van der Waals surface area contributed by atoms with Gasteiger partial charge in [-0.2, -0.15) is 0 Å². The Kier molecular flexibility index (Phi) is 2.68. The molecule has 1 aliphatic heterocycles. The highest BCUT2D eigenvalue weighted by Gasteiger charge is 2.17.